The number of rotatable bonds is 11. The monoisotopic (exact) mass is 648 g/mol. The fourth-order valence-corrected chi connectivity index (χ4v) is 7.37. The highest BCUT2D eigenvalue weighted by Gasteiger charge is 2.19. The summed E-state index contributed by atoms with van der Waals surface area (Å²) in [6, 6.07) is 35.7. The smallest absolute Gasteiger partial charge is 0.141 e. The molecule has 7 aromatic rings. The lowest BCUT2D eigenvalue weighted by molar-refractivity contribution is 0.414. The maximum atomic E-state index is 6.57. The molecular formula is C43H44N4O2. The first-order valence-corrected chi connectivity index (χ1v) is 17.3. The Kier molecular flexibility index (Phi) is 8.96. The summed E-state index contributed by atoms with van der Waals surface area (Å²) in [5, 5.41) is 7.28. The van der Waals surface area contributed by atoms with Gasteiger partial charge in [0.1, 0.15) is 23.1 Å². The van der Waals surface area contributed by atoms with Gasteiger partial charge in [0.15, 0.2) is 0 Å². The Morgan fingerprint density at radius 3 is 2.37 bits per heavy atom. The summed E-state index contributed by atoms with van der Waals surface area (Å²) >= 11 is 0. The van der Waals surface area contributed by atoms with Gasteiger partial charge in [0, 0.05) is 46.4 Å². The SMILES string of the molecule is CCCC(C)CC(C)c1ccc2c(c1)c1ccc(Oc3cccc(-n4nc(C)c(-c5ccccc5)c4C)c3)cc1n2-c1cc(OC)ccn1. The molecule has 4 aromatic carbocycles. The van der Waals surface area contributed by atoms with Crippen LogP contribution in [0.15, 0.2) is 109 Å². The van der Waals surface area contributed by atoms with Gasteiger partial charge in [0.05, 0.1) is 29.5 Å². The lowest BCUT2D eigenvalue weighted by Crippen LogP contribution is -2.02. The highest BCUT2D eigenvalue weighted by Crippen LogP contribution is 2.38. The predicted octanol–water partition coefficient (Wildman–Crippen LogP) is 11.4. The number of hydrogen-bond donors (Lipinski definition) is 0. The molecule has 248 valence electrons. The maximum Gasteiger partial charge on any atom is 0.141 e. The molecule has 0 fully saturated rings. The normalized spacial score (nSPS) is 12.8. The summed E-state index contributed by atoms with van der Waals surface area (Å²) in [7, 11) is 1.69. The van der Waals surface area contributed by atoms with Gasteiger partial charge in [-0.25, -0.2) is 9.67 Å². The highest BCUT2D eigenvalue weighted by atomic mass is 16.5. The van der Waals surface area contributed by atoms with Crippen molar-refractivity contribution in [2.45, 2.75) is 59.8 Å². The molecule has 6 nitrogen and oxygen atoms in total. The molecule has 0 N–H and O–H groups in total. The fraction of sp³-hybridized carbons (Fsp3) is 0.256. The molecule has 2 unspecified atom stereocenters. The standard InChI is InChI=1S/C43H44N4O2/c1-7-12-28(2)23-29(3)33-17-20-40-39(24-33)38-19-18-37(26-41(38)46(40)42-27-35(48-6)21-22-44-42)49-36-16-11-15-34(25-36)47-31(5)43(30(4)45-47)32-13-9-8-10-14-32/h8-11,13-22,24-29H,7,12,23H2,1-6H3. The van der Waals surface area contributed by atoms with E-state index in [0.717, 1.165) is 67.7 Å². The highest BCUT2D eigenvalue weighted by molar-refractivity contribution is 6.09. The molecule has 0 saturated heterocycles. The fourth-order valence-electron chi connectivity index (χ4n) is 7.37. The molecule has 3 aromatic heterocycles. The topological polar surface area (TPSA) is 54.1 Å². The van der Waals surface area contributed by atoms with Crippen molar-refractivity contribution in [1.82, 2.24) is 19.3 Å². The minimum Gasteiger partial charge on any atom is -0.497 e. The minimum absolute atomic E-state index is 0.472. The van der Waals surface area contributed by atoms with Crippen LogP contribution in [0.4, 0.5) is 0 Å². The molecule has 0 amide bonds. The molecule has 7 rings (SSSR count). The van der Waals surface area contributed by atoms with E-state index in [1.165, 1.54) is 30.2 Å². The van der Waals surface area contributed by atoms with Crippen LogP contribution in [0.5, 0.6) is 17.2 Å². The number of methoxy groups -OCH3 is 1. The number of hydrogen-bond acceptors (Lipinski definition) is 4. The molecule has 0 aliphatic heterocycles. The zero-order chi connectivity index (χ0) is 34.1. The molecule has 0 saturated carbocycles. The number of aryl methyl sites for hydroxylation is 1. The average molecular weight is 649 g/mol. The van der Waals surface area contributed by atoms with Crippen molar-refractivity contribution in [2.24, 2.45) is 5.92 Å². The average Bonchev–Trinajstić information content (AvgIpc) is 3.60. The van der Waals surface area contributed by atoms with Crippen LogP contribution in [0, 0.1) is 19.8 Å². The summed E-state index contributed by atoms with van der Waals surface area (Å²) in [5.74, 6) is 4.22. The van der Waals surface area contributed by atoms with Crippen molar-refractivity contribution < 1.29 is 9.47 Å². The molecule has 0 aliphatic carbocycles. The van der Waals surface area contributed by atoms with Crippen LogP contribution >= 0.6 is 0 Å². The Bertz CT molecular complexity index is 2250. The second kappa shape index (κ2) is 13.6. The van der Waals surface area contributed by atoms with Gasteiger partial charge in [0.2, 0.25) is 0 Å². The van der Waals surface area contributed by atoms with Crippen LogP contribution in [-0.2, 0) is 0 Å². The van der Waals surface area contributed by atoms with Crippen molar-refractivity contribution in [3.8, 4) is 39.9 Å². The van der Waals surface area contributed by atoms with Crippen molar-refractivity contribution in [3.05, 3.63) is 126 Å². The Morgan fingerprint density at radius 2 is 1.57 bits per heavy atom. The first kappa shape index (κ1) is 32.2. The van der Waals surface area contributed by atoms with Crippen molar-refractivity contribution in [2.75, 3.05) is 7.11 Å². The van der Waals surface area contributed by atoms with Gasteiger partial charge in [0.25, 0.3) is 0 Å². The number of pyridine rings is 1. The summed E-state index contributed by atoms with van der Waals surface area (Å²) in [6.07, 6.45) is 5.46. The largest absolute Gasteiger partial charge is 0.497 e. The van der Waals surface area contributed by atoms with E-state index in [1.807, 2.05) is 41.1 Å². The summed E-state index contributed by atoms with van der Waals surface area (Å²) in [6.45, 7) is 11.2. The molecule has 0 spiro atoms. The molecule has 2 atom stereocenters. The Labute approximate surface area is 289 Å². The van der Waals surface area contributed by atoms with Crippen LogP contribution in [0.25, 0.3) is 44.4 Å². The molecule has 6 heteroatoms. The van der Waals surface area contributed by atoms with Crippen molar-refractivity contribution in [1.29, 1.82) is 0 Å². The molecule has 0 radical (unpaired) electrons. The number of ether oxygens (including phenoxy) is 2. The van der Waals surface area contributed by atoms with Crippen LogP contribution in [-0.4, -0.2) is 26.4 Å². The zero-order valence-corrected chi connectivity index (χ0v) is 29.3. The van der Waals surface area contributed by atoms with Crippen molar-refractivity contribution in [3.63, 3.8) is 0 Å². The van der Waals surface area contributed by atoms with E-state index in [2.05, 4.69) is 106 Å². The van der Waals surface area contributed by atoms with Crippen molar-refractivity contribution >= 4 is 21.8 Å². The summed E-state index contributed by atoms with van der Waals surface area (Å²) in [5.41, 5.74) is 8.85. The van der Waals surface area contributed by atoms with E-state index in [1.54, 1.807) is 13.3 Å². The predicted molar refractivity (Wildman–Crippen MR) is 201 cm³/mol. The van der Waals surface area contributed by atoms with E-state index >= 15 is 0 Å². The Morgan fingerprint density at radius 1 is 0.755 bits per heavy atom. The number of nitrogens with zero attached hydrogens (tertiary/aromatic N) is 4. The number of benzene rings is 4. The first-order chi connectivity index (χ1) is 23.8. The molecular weight excluding hydrogens is 604 g/mol. The third kappa shape index (κ3) is 6.31. The van der Waals surface area contributed by atoms with Crippen LogP contribution in [0.1, 0.15) is 62.9 Å². The van der Waals surface area contributed by atoms with Crippen LogP contribution in [0.3, 0.4) is 0 Å². The number of aromatic nitrogens is 4. The molecule has 3 heterocycles. The lowest BCUT2D eigenvalue weighted by atomic mass is 9.88. The molecule has 0 aliphatic rings. The van der Waals surface area contributed by atoms with Gasteiger partial charge in [-0.1, -0.05) is 76.1 Å². The van der Waals surface area contributed by atoms with Gasteiger partial charge >= 0.3 is 0 Å². The van der Waals surface area contributed by atoms with E-state index in [9.17, 15) is 0 Å². The second-order valence-corrected chi connectivity index (χ2v) is 13.3. The van der Waals surface area contributed by atoms with E-state index in [0.29, 0.717) is 11.8 Å². The first-order valence-electron chi connectivity index (χ1n) is 17.3. The third-order valence-electron chi connectivity index (χ3n) is 9.70. The Hall–Kier alpha value is -5.36. The quantitative estimate of drug-likeness (QED) is 0.140. The molecule has 0 bridgehead atoms. The zero-order valence-electron chi connectivity index (χ0n) is 29.3. The van der Waals surface area contributed by atoms with E-state index < -0.39 is 0 Å². The second-order valence-electron chi connectivity index (χ2n) is 13.3. The lowest BCUT2D eigenvalue weighted by Gasteiger charge is -2.17. The number of fused-ring (bicyclic) bond motifs is 3. The summed E-state index contributed by atoms with van der Waals surface area (Å²) in [4.78, 5) is 4.78. The van der Waals surface area contributed by atoms with Gasteiger partial charge in [-0.3, -0.25) is 4.57 Å². The van der Waals surface area contributed by atoms with Gasteiger partial charge < -0.3 is 9.47 Å². The third-order valence-corrected chi connectivity index (χ3v) is 9.70. The van der Waals surface area contributed by atoms with Gasteiger partial charge in [-0.2, -0.15) is 5.10 Å². The maximum absolute atomic E-state index is 6.57. The van der Waals surface area contributed by atoms with E-state index in [4.69, 9.17) is 19.6 Å². The van der Waals surface area contributed by atoms with Crippen LogP contribution in [0.2, 0.25) is 0 Å². The van der Waals surface area contributed by atoms with E-state index in [-0.39, 0.29) is 0 Å². The van der Waals surface area contributed by atoms with Crippen LogP contribution < -0.4 is 9.47 Å². The summed E-state index contributed by atoms with van der Waals surface area (Å²) < 4.78 is 16.4. The molecule has 49 heavy (non-hydrogen) atoms. The van der Waals surface area contributed by atoms with Gasteiger partial charge in [-0.15, -0.1) is 0 Å². The minimum atomic E-state index is 0.472. The Balaban J connectivity index is 1.28. The van der Waals surface area contributed by atoms with Gasteiger partial charge in [-0.05, 0) is 85.7 Å².